The van der Waals surface area contributed by atoms with Crippen LogP contribution in [0.25, 0.3) is 0 Å². The van der Waals surface area contributed by atoms with Crippen molar-refractivity contribution in [1.82, 2.24) is 5.32 Å². The van der Waals surface area contributed by atoms with Crippen LogP contribution in [0.15, 0.2) is 0 Å². The van der Waals surface area contributed by atoms with Gasteiger partial charge in [-0.3, -0.25) is 9.59 Å². The van der Waals surface area contributed by atoms with Gasteiger partial charge in [0.25, 0.3) is 0 Å². The van der Waals surface area contributed by atoms with Gasteiger partial charge in [0.2, 0.25) is 5.91 Å². The van der Waals surface area contributed by atoms with Crippen molar-refractivity contribution < 1.29 is 9.59 Å². The normalized spacial score (nSPS) is 28.2. The molecule has 1 aliphatic carbocycles. The molecule has 0 spiro atoms. The molecule has 3 heteroatoms. The van der Waals surface area contributed by atoms with Crippen LogP contribution in [0.5, 0.6) is 0 Å². The van der Waals surface area contributed by atoms with Gasteiger partial charge in [0, 0.05) is 18.9 Å². The number of carbonyl (C=O) groups excluding carboxylic acids is 2. The molecule has 1 rings (SSSR count). The van der Waals surface area contributed by atoms with Gasteiger partial charge in [0.1, 0.15) is 5.78 Å². The molecule has 13 heavy (non-hydrogen) atoms. The predicted molar refractivity (Wildman–Crippen MR) is 50.2 cm³/mol. The van der Waals surface area contributed by atoms with Gasteiger partial charge in [0.05, 0.1) is 0 Å². The average molecular weight is 183 g/mol. The van der Waals surface area contributed by atoms with E-state index in [1.54, 1.807) is 6.92 Å². The molecule has 0 bridgehead atoms. The summed E-state index contributed by atoms with van der Waals surface area (Å²) in [5, 5.41) is 2.89. The highest BCUT2D eigenvalue weighted by atomic mass is 16.1. The summed E-state index contributed by atoms with van der Waals surface area (Å²) in [6.45, 7) is 3.19. The summed E-state index contributed by atoms with van der Waals surface area (Å²) in [6.07, 6.45) is 3.76. The molecule has 3 nitrogen and oxygen atoms in total. The van der Waals surface area contributed by atoms with E-state index in [-0.39, 0.29) is 11.8 Å². The predicted octanol–water partition coefficient (Wildman–Crippen LogP) is 1.27. The fourth-order valence-electron chi connectivity index (χ4n) is 1.93. The first kappa shape index (κ1) is 10.2. The van der Waals surface area contributed by atoms with Crippen LogP contribution in [0.2, 0.25) is 0 Å². The second-order valence-corrected chi connectivity index (χ2v) is 3.86. The molecule has 0 aromatic carbocycles. The average Bonchev–Trinajstić information content (AvgIpc) is 2.04. The van der Waals surface area contributed by atoms with Gasteiger partial charge in [-0.25, -0.2) is 0 Å². The van der Waals surface area contributed by atoms with Crippen LogP contribution in [-0.4, -0.2) is 17.7 Å². The van der Waals surface area contributed by atoms with Crippen molar-refractivity contribution in [3.8, 4) is 0 Å². The number of hydrogen-bond acceptors (Lipinski definition) is 2. The van der Waals surface area contributed by atoms with E-state index >= 15 is 0 Å². The van der Waals surface area contributed by atoms with Crippen molar-refractivity contribution in [2.75, 3.05) is 0 Å². The first-order valence-electron chi connectivity index (χ1n) is 4.87. The van der Waals surface area contributed by atoms with Crippen LogP contribution in [0.1, 0.15) is 39.5 Å². The third-order valence-corrected chi connectivity index (χ3v) is 2.71. The van der Waals surface area contributed by atoms with E-state index < -0.39 is 0 Å². The van der Waals surface area contributed by atoms with E-state index in [0.29, 0.717) is 11.8 Å². The Kier molecular flexibility index (Phi) is 3.46. The van der Waals surface area contributed by atoms with Crippen LogP contribution in [0.3, 0.4) is 0 Å². The lowest BCUT2D eigenvalue weighted by molar-refractivity contribution is -0.122. The first-order chi connectivity index (χ1) is 6.09. The van der Waals surface area contributed by atoms with Crippen molar-refractivity contribution in [2.24, 2.45) is 5.92 Å². The minimum absolute atomic E-state index is 0.0336. The van der Waals surface area contributed by atoms with Crippen molar-refractivity contribution in [3.63, 3.8) is 0 Å². The minimum Gasteiger partial charge on any atom is -0.354 e. The summed E-state index contributed by atoms with van der Waals surface area (Å²) in [4.78, 5) is 21.8. The summed E-state index contributed by atoms with van der Waals surface area (Å²) >= 11 is 0. The Morgan fingerprint density at radius 1 is 1.08 bits per heavy atom. The van der Waals surface area contributed by atoms with Gasteiger partial charge >= 0.3 is 0 Å². The summed E-state index contributed by atoms with van der Waals surface area (Å²) in [5.41, 5.74) is 0. The fraction of sp³-hybridized carbons (Fsp3) is 0.800. The van der Waals surface area contributed by atoms with Gasteiger partial charge in [-0.15, -0.1) is 0 Å². The van der Waals surface area contributed by atoms with E-state index in [9.17, 15) is 9.59 Å². The molecule has 1 saturated carbocycles. The molecule has 0 heterocycles. The second-order valence-electron chi connectivity index (χ2n) is 3.86. The third-order valence-electron chi connectivity index (χ3n) is 2.71. The number of amides is 1. The number of hydrogen-bond donors (Lipinski definition) is 1. The zero-order valence-electron chi connectivity index (χ0n) is 8.30. The maximum Gasteiger partial charge on any atom is 0.217 e. The third kappa shape index (κ3) is 3.17. The van der Waals surface area contributed by atoms with E-state index in [2.05, 4.69) is 5.32 Å². The van der Waals surface area contributed by atoms with Crippen LogP contribution in [-0.2, 0) is 9.59 Å². The van der Waals surface area contributed by atoms with Gasteiger partial charge in [-0.1, -0.05) is 0 Å². The highest BCUT2D eigenvalue weighted by Crippen LogP contribution is 2.24. The zero-order chi connectivity index (χ0) is 9.84. The Morgan fingerprint density at radius 2 is 1.62 bits per heavy atom. The number of nitrogens with one attached hydrogen (secondary N) is 1. The molecule has 1 N–H and O–H groups in total. The maximum atomic E-state index is 11.0. The van der Waals surface area contributed by atoms with Crippen molar-refractivity contribution in [3.05, 3.63) is 0 Å². The van der Waals surface area contributed by atoms with Gasteiger partial charge in [-0.05, 0) is 32.6 Å². The summed E-state index contributed by atoms with van der Waals surface area (Å²) < 4.78 is 0. The molecule has 0 saturated heterocycles. The lowest BCUT2D eigenvalue weighted by Gasteiger charge is -2.27. The molecule has 0 aromatic heterocycles. The molecule has 0 atom stereocenters. The van der Waals surface area contributed by atoms with Crippen molar-refractivity contribution >= 4 is 11.7 Å². The van der Waals surface area contributed by atoms with E-state index in [1.807, 2.05) is 0 Å². The molecule has 0 aliphatic heterocycles. The highest BCUT2D eigenvalue weighted by Gasteiger charge is 2.23. The van der Waals surface area contributed by atoms with Crippen molar-refractivity contribution in [2.45, 2.75) is 45.6 Å². The van der Waals surface area contributed by atoms with Gasteiger partial charge in [0.15, 0.2) is 0 Å². The first-order valence-corrected chi connectivity index (χ1v) is 4.87. The number of rotatable bonds is 2. The molecule has 0 radical (unpaired) electrons. The Hall–Kier alpha value is -0.860. The fourth-order valence-corrected chi connectivity index (χ4v) is 1.93. The maximum absolute atomic E-state index is 11.0. The Balaban J connectivity index is 2.30. The Bertz CT molecular complexity index is 205. The monoisotopic (exact) mass is 183 g/mol. The molecular weight excluding hydrogens is 166 g/mol. The van der Waals surface area contributed by atoms with Crippen LogP contribution in [0, 0.1) is 5.92 Å². The standard InChI is InChI=1S/C10H17NO2/c1-7(12)9-3-5-10(6-4-9)11-8(2)13/h9-10H,3-6H2,1-2H3,(H,11,13)/t9-,10-. The van der Waals surface area contributed by atoms with E-state index in [0.717, 1.165) is 25.7 Å². The summed E-state index contributed by atoms with van der Waals surface area (Å²) in [7, 11) is 0. The molecule has 1 aliphatic rings. The van der Waals surface area contributed by atoms with Gasteiger partial charge in [-0.2, -0.15) is 0 Å². The highest BCUT2D eigenvalue weighted by molar-refractivity contribution is 5.78. The second kappa shape index (κ2) is 4.40. The van der Waals surface area contributed by atoms with Gasteiger partial charge < -0.3 is 5.32 Å². The lowest BCUT2D eigenvalue weighted by Crippen LogP contribution is -2.37. The SMILES string of the molecule is CC(=O)N[C@H]1CC[C@H](C(C)=O)CC1. The van der Waals surface area contributed by atoms with Crippen LogP contribution < -0.4 is 5.32 Å². The van der Waals surface area contributed by atoms with E-state index in [4.69, 9.17) is 0 Å². The lowest BCUT2D eigenvalue weighted by atomic mass is 9.84. The molecule has 74 valence electrons. The van der Waals surface area contributed by atoms with E-state index in [1.165, 1.54) is 6.92 Å². The Labute approximate surface area is 78.9 Å². The summed E-state index contributed by atoms with van der Waals surface area (Å²) in [6, 6.07) is 0.299. The molecule has 1 amide bonds. The molecular formula is C10H17NO2. The number of ketones is 1. The minimum atomic E-state index is 0.0336. The largest absolute Gasteiger partial charge is 0.354 e. The van der Waals surface area contributed by atoms with Crippen molar-refractivity contribution in [1.29, 1.82) is 0 Å². The molecule has 0 unspecified atom stereocenters. The Morgan fingerprint density at radius 3 is 2.00 bits per heavy atom. The quantitative estimate of drug-likeness (QED) is 0.700. The number of carbonyl (C=O) groups is 2. The molecule has 0 aromatic rings. The zero-order valence-corrected chi connectivity index (χ0v) is 8.30. The van der Waals surface area contributed by atoms with Crippen LogP contribution >= 0.6 is 0 Å². The summed E-state index contributed by atoms with van der Waals surface area (Å²) in [5.74, 6) is 0.567. The topological polar surface area (TPSA) is 46.2 Å². The van der Waals surface area contributed by atoms with Crippen LogP contribution in [0.4, 0.5) is 0 Å². The molecule has 1 fully saturated rings. The number of Topliss-reactive ketones (excluding diaryl/α,β-unsaturated/α-hetero) is 1. The smallest absolute Gasteiger partial charge is 0.217 e.